The number of aromatic nitrogens is 1. The molecule has 0 bridgehead atoms. The van der Waals surface area contributed by atoms with Gasteiger partial charge >= 0.3 is 60.0 Å². The van der Waals surface area contributed by atoms with Crippen LogP contribution in [0.15, 0.2) is 18.3 Å². The van der Waals surface area contributed by atoms with Gasteiger partial charge in [0, 0.05) is 0 Å². The number of pyridine rings is 1. The van der Waals surface area contributed by atoms with Gasteiger partial charge in [-0.2, -0.15) is 0 Å². The number of hydrogen-bond donors (Lipinski definition) is 1. The number of aromatic amines is 1. The van der Waals surface area contributed by atoms with Crippen LogP contribution in [0.1, 0.15) is 5.56 Å². The zero-order valence-corrected chi connectivity index (χ0v) is 6.30. The molecule has 2 nitrogen and oxygen atoms in total. The third-order valence-corrected chi connectivity index (χ3v) is 1.65. The van der Waals surface area contributed by atoms with Crippen molar-refractivity contribution < 1.29 is 0 Å². The van der Waals surface area contributed by atoms with Crippen molar-refractivity contribution in [1.29, 1.82) is 5.26 Å². The quantitative estimate of drug-likeness (QED) is 0.587. The molecule has 0 aliphatic carbocycles. The predicted octanol–water partition coefficient (Wildman–Crippen LogP) is 0.587. The maximum atomic E-state index is 8.43. The van der Waals surface area contributed by atoms with Crippen LogP contribution >= 0.6 is 0 Å². The molecule has 9 heavy (non-hydrogen) atoms. The van der Waals surface area contributed by atoms with Crippen LogP contribution in [0.5, 0.6) is 0 Å². The van der Waals surface area contributed by atoms with Crippen molar-refractivity contribution in [1.82, 2.24) is 4.98 Å². The molecule has 0 unspecified atom stereocenters. The normalized spacial score (nSPS) is 8.33. The van der Waals surface area contributed by atoms with E-state index in [1.165, 1.54) is 0 Å². The molecule has 0 aliphatic rings. The molecule has 0 spiro atoms. The summed E-state index contributed by atoms with van der Waals surface area (Å²) in [4.78, 5) is 2.87. The number of nitrogens with zero attached hydrogens (tertiary/aromatic N) is 1. The standard InChI is InChI=1S/C6H4N2Se/c7-4-5-2-1-3-8-6(5)9/h1-3H,(H,8,9). The SMILES string of the molecule is N#Cc1ccc[nH]c1=[Se]. The third-order valence-electron chi connectivity index (χ3n) is 0.939. The second kappa shape index (κ2) is 2.63. The summed E-state index contributed by atoms with van der Waals surface area (Å²) in [6.07, 6.45) is 1.77. The van der Waals surface area contributed by atoms with Gasteiger partial charge < -0.3 is 0 Å². The Morgan fingerprint density at radius 2 is 2.44 bits per heavy atom. The maximum absolute atomic E-state index is 8.43. The van der Waals surface area contributed by atoms with E-state index in [9.17, 15) is 0 Å². The fourth-order valence-electron chi connectivity index (χ4n) is 0.510. The molecule has 1 aromatic heterocycles. The van der Waals surface area contributed by atoms with E-state index in [-0.39, 0.29) is 0 Å². The van der Waals surface area contributed by atoms with Crippen molar-refractivity contribution in [3.05, 3.63) is 28.1 Å². The van der Waals surface area contributed by atoms with Crippen molar-refractivity contribution in [3.63, 3.8) is 0 Å². The molecule has 1 aromatic rings. The minimum atomic E-state index is 0.650. The monoisotopic (exact) mass is 184 g/mol. The first-order chi connectivity index (χ1) is 4.34. The average Bonchev–Trinajstić information content (AvgIpc) is 1.89. The van der Waals surface area contributed by atoms with Crippen molar-refractivity contribution in [2.45, 2.75) is 0 Å². The van der Waals surface area contributed by atoms with Gasteiger partial charge in [0.15, 0.2) is 0 Å². The number of rotatable bonds is 0. The Labute approximate surface area is 60.5 Å². The number of nitriles is 1. The summed E-state index contributed by atoms with van der Waals surface area (Å²) in [5, 5.41) is 8.43. The van der Waals surface area contributed by atoms with Gasteiger partial charge in [0.05, 0.1) is 0 Å². The van der Waals surface area contributed by atoms with E-state index in [1.807, 2.05) is 6.07 Å². The molecular weight excluding hydrogens is 179 g/mol. The average molecular weight is 183 g/mol. The molecular formula is C6H4N2Se. The van der Waals surface area contributed by atoms with Gasteiger partial charge in [-0.1, -0.05) is 0 Å². The fourth-order valence-corrected chi connectivity index (χ4v) is 0.891. The van der Waals surface area contributed by atoms with Crippen LogP contribution in [-0.4, -0.2) is 20.6 Å². The predicted molar refractivity (Wildman–Crippen MR) is 34.5 cm³/mol. The molecule has 1 heterocycles. The van der Waals surface area contributed by atoms with Crippen molar-refractivity contribution in [2.75, 3.05) is 0 Å². The molecule has 0 atom stereocenters. The number of hydrogen-bond acceptors (Lipinski definition) is 1. The Kier molecular flexibility index (Phi) is 1.84. The molecule has 0 radical (unpaired) electrons. The molecule has 0 saturated heterocycles. The van der Waals surface area contributed by atoms with Crippen LogP contribution in [-0.2, 0) is 0 Å². The van der Waals surface area contributed by atoms with Crippen LogP contribution in [0.3, 0.4) is 0 Å². The number of nitrogens with one attached hydrogen (secondary N) is 1. The molecule has 0 aromatic carbocycles. The fraction of sp³-hybridized carbons (Fsp3) is 0. The second-order valence-corrected chi connectivity index (χ2v) is 2.38. The summed E-state index contributed by atoms with van der Waals surface area (Å²) in [5.74, 6) is 0. The first-order valence-corrected chi connectivity index (χ1v) is 3.28. The van der Waals surface area contributed by atoms with Gasteiger partial charge in [0.2, 0.25) is 0 Å². The van der Waals surface area contributed by atoms with Crippen LogP contribution in [0.25, 0.3) is 0 Å². The van der Waals surface area contributed by atoms with E-state index < -0.39 is 0 Å². The van der Waals surface area contributed by atoms with E-state index in [2.05, 4.69) is 20.6 Å². The summed E-state index contributed by atoms with van der Waals surface area (Å²) < 4.78 is 0.792. The van der Waals surface area contributed by atoms with Crippen molar-refractivity contribution >= 4 is 15.6 Å². The van der Waals surface area contributed by atoms with Gasteiger partial charge in [-0.25, -0.2) is 0 Å². The van der Waals surface area contributed by atoms with E-state index in [0.717, 1.165) is 4.19 Å². The van der Waals surface area contributed by atoms with Crippen LogP contribution in [0, 0.1) is 15.5 Å². The zero-order chi connectivity index (χ0) is 6.69. The van der Waals surface area contributed by atoms with Crippen LogP contribution in [0.2, 0.25) is 0 Å². The van der Waals surface area contributed by atoms with Crippen LogP contribution in [0.4, 0.5) is 0 Å². The van der Waals surface area contributed by atoms with Crippen LogP contribution < -0.4 is 0 Å². The summed E-state index contributed by atoms with van der Waals surface area (Å²) in [5.41, 5.74) is 0.650. The topological polar surface area (TPSA) is 39.6 Å². The molecule has 0 aliphatic heterocycles. The summed E-state index contributed by atoms with van der Waals surface area (Å²) in [6, 6.07) is 5.58. The summed E-state index contributed by atoms with van der Waals surface area (Å²) in [7, 11) is 0. The van der Waals surface area contributed by atoms with Crippen molar-refractivity contribution in [2.24, 2.45) is 0 Å². The molecule has 1 rings (SSSR count). The number of H-pyrrole nitrogens is 1. The second-order valence-electron chi connectivity index (χ2n) is 1.52. The Balaban J connectivity index is 3.38. The van der Waals surface area contributed by atoms with Gasteiger partial charge in [0.25, 0.3) is 0 Å². The molecule has 0 amide bonds. The third kappa shape index (κ3) is 1.29. The van der Waals surface area contributed by atoms with E-state index in [0.29, 0.717) is 5.56 Å². The van der Waals surface area contributed by atoms with Gasteiger partial charge in [-0.15, -0.1) is 0 Å². The molecule has 1 N–H and O–H groups in total. The first-order valence-electron chi connectivity index (χ1n) is 2.42. The molecule has 3 heteroatoms. The minimum absolute atomic E-state index is 0.650. The molecule has 44 valence electrons. The summed E-state index contributed by atoms with van der Waals surface area (Å²) in [6.45, 7) is 0. The molecule has 0 fully saturated rings. The Bertz CT molecular complexity index is 294. The first kappa shape index (κ1) is 6.28. The Morgan fingerprint density at radius 1 is 1.67 bits per heavy atom. The zero-order valence-electron chi connectivity index (χ0n) is 4.59. The Hall–Kier alpha value is -0.841. The van der Waals surface area contributed by atoms with Gasteiger partial charge in [0.1, 0.15) is 0 Å². The van der Waals surface area contributed by atoms with E-state index in [4.69, 9.17) is 5.26 Å². The van der Waals surface area contributed by atoms with E-state index in [1.54, 1.807) is 18.3 Å². The molecule has 0 saturated carbocycles. The Morgan fingerprint density at radius 3 is 2.89 bits per heavy atom. The van der Waals surface area contributed by atoms with Crippen molar-refractivity contribution in [3.8, 4) is 6.07 Å². The summed E-state index contributed by atoms with van der Waals surface area (Å²) >= 11 is 2.74. The van der Waals surface area contributed by atoms with Gasteiger partial charge in [-0.05, 0) is 0 Å². The van der Waals surface area contributed by atoms with Gasteiger partial charge in [-0.3, -0.25) is 0 Å². The van der Waals surface area contributed by atoms with E-state index >= 15 is 0 Å².